The van der Waals surface area contributed by atoms with Crippen LogP contribution in [-0.2, 0) is 4.79 Å². The fraction of sp³-hybridized carbons (Fsp3) is 0.750. The zero-order valence-electron chi connectivity index (χ0n) is 5.05. The summed E-state index contributed by atoms with van der Waals surface area (Å²) in [4.78, 5) is 10.2. The van der Waals surface area contributed by atoms with E-state index < -0.39 is 24.9 Å². The average Bonchev–Trinajstić information content (AvgIpc) is 1.85. The molecule has 0 aromatic carbocycles. The molecule has 4 nitrogen and oxygen atoms in total. The number of aliphatic hydroxyl groups is 1. The van der Waals surface area contributed by atoms with Crippen LogP contribution in [-0.4, -0.2) is 23.5 Å². The van der Waals surface area contributed by atoms with Gasteiger partial charge in [-0.3, -0.25) is 10.2 Å². The van der Waals surface area contributed by atoms with Crippen molar-refractivity contribution in [1.82, 2.24) is 5.43 Å². The van der Waals surface area contributed by atoms with Gasteiger partial charge in [0.25, 0.3) is 5.91 Å². The van der Waals surface area contributed by atoms with Gasteiger partial charge in [-0.1, -0.05) is 0 Å². The van der Waals surface area contributed by atoms with E-state index in [0.717, 1.165) is 0 Å². The summed E-state index contributed by atoms with van der Waals surface area (Å²) in [6, 6.07) is 0. The number of hydrazine groups is 1. The van der Waals surface area contributed by atoms with Crippen molar-refractivity contribution >= 4 is 5.91 Å². The number of amides is 1. The van der Waals surface area contributed by atoms with Crippen LogP contribution in [0, 0.1) is 0 Å². The molecule has 0 aliphatic carbocycles. The zero-order chi connectivity index (χ0) is 8.15. The molecule has 0 rings (SSSR count). The van der Waals surface area contributed by atoms with Crippen molar-refractivity contribution in [1.29, 1.82) is 0 Å². The molecule has 0 fully saturated rings. The molecule has 0 saturated carbocycles. The molecule has 0 aliphatic rings. The van der Waals surface area contributed by atoms with Crippen LogP contribution in [0.2, 0.25) is 0 Å². The van der Waals surface area contributed by atoms with Gasteiger partial charge in [0, 0.05) is 6.42 Å². The van der Waals surface area contributed by atoms with Crippen LogP contribution < -0.4 is 11.3 Å². The molecule has 0 heterocycles. The maximum Gasteiger partial charge on any atom is 0.262 e. The Morgan fingerprint density at radius 3 is 2.50 bits per heavy atom. The smallest absolute Gasteiger partial charge is 0.262 e. The number of rotatable bonds is 3. The maximum absolute atomic E-state index is 11.4. The van der Waals surface area contributed by atoms with Crippen molar-refractivity contribution in [2.24, 2.45) is 5.84 Å². The second kappa shape index (κ2) is 4.13. The van der Waals surface area contributed by atoms with Crippen molar-refractivity contribution in [3.05, 3.63) is 0 Å². The molecule has 0 aromatic rings. The lowest BCUT2D eigenvalue weighted by Crippen LogP contribution is -2.39. The molecular weight excluding hydrogens is 146 g/mol. The predicted octanol–water partition coefficient (Wildman–Crippen LogP) is -1.01. The Balaban J connectivity index is 3.61. The van der Waals surface area contributed by atoms with E-state index in [9.17, 15) is 13.6 Å². The van der Waals surface area contributed by atoms with Gasteiger partial charge in [-0.25, -0.2) is 14.6 Å². The summed E-state index contributed by atoms with van der Waals surface area (Å²) in [5, 5.41) is 8.52. The quantitative estimate of drug-likeness (QED) is 0.277. The summed E-state index contributed by atoms with van der Waals surface area (Å²) in [5.41, 5.74) is 1.55. The number of carbonyl (C=O) groups is 1. The van der Waals surface area contributed by atoms with Gasteiger partial charge >= 0.3 is 0 Å². The molecule has 1 unspecified atom stereocenters. The largest absolute Gasteiger partial charge is 0.383 e. The molecule has 0 aliphatic heterocycles. The Hall–Kier alpha value is -0.750. The number of halogens is 2. The maximum atomic E-state index is 11.4. The van der Waals surface area contributed by atoms with Gasteiger partial charge in [0.05, 0.1) is 0 Å². The van der Waals surface area contributed by atoms with Crippen molar-refractivity contribution in [3.63, 3.8) is 0 Å². The molecule has 0 radical (unpaired) electrons. The monoisotopic (exact) mass is 154 g/mol. The van der Waals surface area contributed by atoms with Gasteiger partial charge in [-0.2, -0.15) is 0 Å². The number of carbonyl (C=O) groups excluding carboxylic acids is 1. The molecule has 1 amide bonds. The highest BCUT2D eigenvalue weighted by Gasteiger charge is 2.18. The first-order valence-corrected chi connectivity index (χ1v) is 2.54. The molecule has 1 atom stereocenters. The molecule has 0 saturated heterocycles. The predicted molar refractivity (Wildman–Crippen MR) is 29.0 cm³/mol. The Morgan fingerprint density at radius 2 is 2.20 bits per heavy atom. The number of hydrogen-bond donors (Lipinski definition) is 3. The second-order valence-corrected chi connectivity index (χ2v) is 1.65. The van der Waals surface area contributed by atoms with Gasteiger partial charge in [0.15, 0.2) is 0 Å². The summed E-state index contributed by atoms with van der Waals surface area (Å²) in [6.45, 7) is 0. The molecule has 0 aromatic heterocycles. The lowest BCUT2D eigenvalue weighted by atomic mass is 10.2. The van der Waals surface area contributed by atoms with Crippen molar-refractivity contribution in [2.75, 3.05) is 0 Å². The van der Waals surface area contributed by atoms with Crippen LogP contribution in [0.1, 0.15) is 6.42 Å². The van der Waals surface area contributed by atoms with Crippen LogP contribution in [0.3, 0.4) is 0 Å². The van der Waals surface area contributed by atoms with E-state index in [1.54, 1.807) is 5.43 Å². The highest BCUT2D eigenvalue weighted by molar-refractivity contribution is 5.79. The van der Waals surface area contributed by atoms with E-state index in [2.05, 4.69) is 5.84 Å². The third kappa shape index (κ3) is 3.31. The summed E-state index contributed by atoms with van der Waals surface area (Å²) >= 11 is 0. The first-order valence-electron chi connectivity index (χ1n) is 2.54. The van der Waals surface area contributed by atoms with E-state index in [1.807, 2.05) is 0 Å². The fourth-order valence-electron chi connectivity index (χ4n) is 0.372. The fourth-order valence-corrected chi connectivity index (χ4v) is 0.372. The topological polar surface area (TPSA) is 75.3 Å². The van der Waals surface area contributed by atoms with E-state index in [1.165, 1.54) is 0 Å². The summed E-state index contributed by atoms with van der Waals surface area (Å²) in [6.07, 6.45) is -5.31. The number of hydrogen-bond acceptors (Lipinski definition) is 3. The third-order valence-corrected chi connectivity index (χ3v) is 0.846. The molecule has 4 N–H and O–H groups in total. The molecular formula is C4H8F2N2O2. The highest BCUT2D eigenvalue weighted by atomic mass is 19.3. The van der Waals surface area contributed by atoms with E-state index in [0.29, 0.717) is 0 Å². The summed E-state index contributed by atoms with van der Waals surface area (Å²) in [5.74, 6) is 3.54. The number of nitrogens with two attached hydrogens (primary N) is 1. The SMILES string of the molecule is NNC(=O)C(O)CC(F)F. The van der Waals surface area contributed by atoms with Crippen LogP contribution in [0.5, 0.6) is 0 Å². The lowest BCUT2D eigenvalue weighted by Gasteiger charge is -2.06. The standard InChI is InChI=1S/C4H8F2N2O2/c5-3(6)1-2(9)4(10)8-7/h2-3,9H,1,7H2,(H,8,10). The van der Waals surface area contributed by atoms with Crippen molar-refractivity contribution in [3.8, 4) is 0 Å². The van der Waals surface area contributed by atoms with Gasteiger partial charge in [0.2, 0.25) is 6.43 Å². The Labute approximate surface area is 56.0 Å². The summed E-state index contributed by atoms with van der Waals surface area (Å²) in [7, 11) is 0. The van der Waals surface area contributed by atoms with Crippen LogP contribution in [0.15, 0.2) is 0 Å². The van der Waals surface area contributed by atoms with Gasteiger partial charge in [0.1, 0.15) is 6.10 Å². The first-order chi connectivity index (χ1) is 4.57. The normalized spacial score (nSPS) is 13.3. The van der Waals surface area contributed by atoms with Crippen LogP contribution in [0.25, 0.3) is 0 Å². The van der Waals surface area contributed by atoms with Crippen molar-refractivity contribution < 1.29 is 18.7 Å². The van der Waals surface area contributed by atoms with Crippen LogP contribution >= 0.6 is 0 Å². The Bertz CT molecular complexity index is 120. The Morgan fingerprint density at radius 1 is 1.70 bits per heavy atom. The zero-order valence-corrected chi connectivity index (χ0v) is 5.05. The third-order valence-electron chi connectivity index (χ3n) is 0.846. The van der Waals surface area contributed by atoms with Crippen molar-refractivity contribution in [2.45, 2.75) is 19.0 Å². The number of alkyl halides is 2. The second-order valence-electron chi connectivity index (χ2n) is 1.65. The van der Waals surface area contributed by atoms with E-state index in [-0.39, 0.29) is 0 Å². The van der Waals surface area contributed by atoms with Gasteiger partial charge in [-0.05, 0) is 0 Å². The van der Waals surface area contributed by atoms with Crippen LogP contribution in [0.4, 0.5) is 8.78 Å². The number of nitrogens with one attached hydrogen (secondary N) is 1. The first kappa shape index (κ1) is 9.25. The van der Waals surface area contributed by atoms with Gasteiger partial charge in [-0.15, -0.1) is 0 Å². The lowest BCUT2D eigenvalue weighted by molar-refractivity contribution is -0.131. The summed E-state index contributed by atoms with van der Waals surface area (Å²) < 4.78 is 22.8. The molecule has 60 valence electrons. The minimum absolute atomic E-state index is 0.886. The molecule has 0 spiro atoms. The molecule has 10 heavy (non-hydrogen) atoms. The molecule has 6 heteroatoms. The Kier molecular flexibility index (Phi) is 3.82. The van der Waals surface area contributed by atoms with E-state index in [4.69, 9.17) is 5.11 Å². The average molecular weight is 154 g/mol. The van der Waals surface area contributed by atoms with Gasteiger partial charge < -0.3 is 5.11 Å². The minimum Gasteiger partial charge on any atom is -0.383 e. The van der Waals surface area contributed by atoms with E-state index >= 15 is 0 Å². The highest BCUT2D eigenvalue weighted by Crippen LogP contribution is 2.02. The number of aliphatic hydroxyl groups excluding tert-OH is 1. The molecule has 0 bridgehead atoms. The minimum atomic E-state index is -2.70.